The van der Waals surface area contributed by atoms with E-state index in [9.17, 15) is 9.90 Å². The zero-order valence-electron chi connectivity index (χ0n) is 25.4. The lowest BCUT2D eigenvalue weighted by Crippen LogP contribution is -2.69. The van der Waals surface area contributed by atoms with Gasteiger partial charge in [-0.1, -0.05) is 36.4 Å². The number of carbonyl (C=O) groups is 1. The highest BCUT2D eigenvalue weighted by molar-refractivity contribution is 5.72. The molecule has 0 radical (unpaired) electrons. The first-order valence-electron chi connectivity index (χ1n) is 16.1. The van der Waals surface area contributed by atoms with E-state index in [-0.39, 0.29) is 35.8 Å². The maximum atomic E-state index is 13.2. The predicted molar refractivity (Wildman–Crippen MR) is 160 cm³/mol. The summed E-state index contributed by atoms with van der Waals surface area (Å²) in [6.07, 6.45) is 8.30. The number of esters is 1. The largest absolute Gasteiger partial charge is 0.504 e. The maximum Gasteiger partial charge on any atom is 0.323 e. The highest BCUT2D eigenvalue weighted by Gasteiger charge is 2.66. The van der Waals surface area contributed by atoms with E-state index in [1.807, 2.05) is 38.0 Å². The van der Waals surface area contributed by atoms with Gasteiger partial charge in [-0.15, -0.1) is 0 Å². The van der Waals surface area contributed by atoms with Crippen LogP contribution in [0.25, 0.3) is 0 Å². The molecular weight excluding hydrogens is 528 g/mol. The fraction of sp³-hybridized carbons (Fsp3) is 0.629. The Balaban J connectivity index is 1.17. The number of hydroxylamine groups is 2. The average molecular weight is 575 g/mol. The van der Waals surface area contributed by atoms with Crippen LogP contribution in [0.15, 0.2) is 42.5 Å². The number of phenolic OH excluding ortho intramolecular Hbond substituents is 1. The molecule has 2 aliphatic heterocycles. The number of hydrogen-bond acceptors (Lipinski definition) is 7. The molecule has 2 aromatic carbocycles. The Hall–Kier alpha value is -2.61. The van der Waals surface area contributed by atoms with Crippen LogP contribution in [-0.2, 0) is 32.6 Å². The van der Waals surface area contributed by atoms with E-state index in [0.29, 0.717) is 24.3 Å². The van der Waals surface area contributed by atoms with Gasteiger partial charge in [0.25, 0.3) is 0 Å². The van der Waals surface area contributed by atoms with Gasteiger partial charge in [-0.3, -0.25) is 14.5 Å². The molecule has 2 saturated carbocycles. The second kappa shape index (κ2) is 10.8. The number of ether oxygens (including phenoxy) is 2. The minimum absolute atomic E-state index is 0.0559. The molecule has 2 bridgehead atoms. The van der Waals surface area contributed by atoms with Crippen LogP contribution in [-0.4, -0.2) is 71.1 Å². The fourth-order valence-corrected chi connectivity index (χ4v) is 8.61. The van der Waals surface area contributed by atoms with E-state index in [1.54, 1.807) is 0 Å². The minimum Gasteiger partial charge on any atom is -0.504 e. The maximum absolute atomic E-state index is 13.2. The van der Waals surface area contributed by atoms with Crippen LogP contribution < -0.4 is 4.74 Å². The van der Waals surface area contributed by atoms with Gasteiger partial charge in [-0.05, 0) is 108 Å². The van der Waals surface area contributed by atoms with Gasteiger partial charge in [0, 0.05) is 23.6 Å². The number of benzene rings is 2. The number of rotatable bonds is 10. The van der Waals surface area contributed by atoms with Crippen molar-refractivity contribution in [2.75, 3.05) is 26.2 Å². The summed E-state index contributed by atoms with van der Waals surface area (Å²) in [5.74, 6) is 1.95. The standard InChI is InChI=1S/C35H46N2O5/c1-34(2,3)42-30(39)22-37(40-19-7-10-23-8-5-4-6-9-23)27-15-14-26-28-20-25-13-16-29(38)32-31(25)35(26,33(27)41-32)17-18-36(28)21-24-11-12-24/h4-6,8-9,13,16,24,26-28,33,38H,7,10-12,14-15,17-22H2,1-3H3/t26-,27-,28+,33-,35-/m0/s1. The summed E-state index contributed by atoms with van der Waals surface area (Å²) >= 11 is 0. The van der Waals surface area contributed by atoms with Gasteiger partial charge >= 0.3 is 5.97 Å². The fourth-order valence-electron chi connectivity index (χ4n) is 8.61. The summed E-state index contributed by atoms with van der Waals surface area (Å²) in [6, 6.07) is 14.8. The lowest BCUT2D eigenvalue weighted by atomic mass is 9.51. The van der Waals surface area contributed by atoms with E-state index in [0.717, 1.165) is 51.0 Å². The molecule has 1 spiro atoms. The number of piperidine rings is 1. The van der Waals surface area contributed by atoms with E-state index in [4.69, 9.17) is 14.3 Å². The average Bonchev–Trinajstić information content (AvgIpc) is 3.70. The topological polar surface area (TPSA) is 71.5 Å². The quantitative estimate of drug-likeness (QED) is 0.231. The Kier molecular flexibility index (Phi) is 7.27. The summed E-state index contributed by atoms with van der Waals surface area (Å²) in [4.78, 5) is 22.5. The molecule has 7 heteroatoms. The van der Waals surface area contributed by atoms with Crippen molar-refractivity contribution >= 4 is 5.97 Å². The molecule has 3 aliphatic carbocycles. The monoisotopic (exact) mass is 574 g/mol. The van der Waals surface area contributed by atoms with Crippen molar-refractivity contribution in [1.29, 1.82) is 0 Å². The lowest BCUT2D eigenvalue weighted by molar-refractivity contribution is -0.231. The zero-order chi connectivity index (χ0) is 29.1. The van der Waals surface area contributed by atoms with Crippen LogP contribution in [0.4, 0.5) is 0 Å². The van der Waals surface area contributed by atoms with Gasteiger partial charge in [-0.25, -0.2) is 0 Å². The van der Waals surface area contributed by atoms with E-state index < -0.39 is 5.60 Å². The van der Waals surface area contributed by atoms with Gasteiger partial charge in [0.05, 0.1) is 12.6 Å². The SMILES string of the molecule is CC(C)(C)OC(=O)CN(OCCCc1ccccc1)[C@H]1CC[C@H]2[C@H]3Cc4ccc(O)c5c4[C@@]2(CCN3CC2CC2)[C@H]1O5. The molecule has 7 nitrogen and oxygen atoms in total. The van der Waals surface area contributed by atoms with Crippen LogP contribution in [0.3, 0.4) is 0 Å². The lowest BCUT2D eigenvalue weighted by Gasteiger charge is -2.60. The number of nitrogens with zero attached hydrogens (tertiary/aromatic N) is 2. The van der Waals surface area contributed by atoms with Crippen molar-refractivity contribution < 1.29 is 24.2 Å². The van der Waals surface area contributed by atoms with Gasteiger partial charge < -0.3 is 14.6 Å². The third kappa shape index (κ3) is 5.11. The molecule has 0 unspecified atom stereocenters. The molecule has 0 amide bonds. The van der Waals surface area contributed by atoms with E-state index >= 15 is 0 Å². The van der Waals surface area contributed by atoms with Crippen LogP contribution >= 0.6 is 0 Å². The van der Waals surface area contributed by atoms with Crippen LogP contribution in [0.2, 0.25) is 0 Å². The second-order valence-electron chi connectivity index (χ2n) is 14.3. The third-order valence-corrected chi connectivity index (χ3v) is 10.4. The number of hydrogen-bond donors (Lipinski definition) is 1. The summed E-state index contributed by atoms with van der Waals surface area (Å²) in [5.41, 5.74) is 3.11. The van der Waals surface area contributed by atoms with Crippen molar-refractivity contribution in [1.82, 2.24) is 9.96 Å². The molecule has 2 aromatic rings. The Bertz CT molecular complexity index is 1300. The van der Waals surface area contributed by atoms with Crippen LogP contribution in [0.5, 0.6) is 11.5 Å². The Labute approximate surface area is 250 Å². The highest BCUT2D eigenvalue weighted by atomic mass is 16.7. The smallest absolute Gasteiger partial charge is 0.323 e. The third-order valence-electron chi connectivity index (χ3n) is 10.4. The van der Waals surface area contributed by atoms with Gasteiger partial charge in [0.1, 0.15) is 18.2 Å². The Morgan fingerprint density at radius 1 is 1.12 bits per heavy atom. The Morgan fingerprint density at radius 3 is 2.69 bits per heavy atom. The van der Waals surface area contributed by atoms with Crippen molar-refractivity contribution in [3.05, 3.63) is 59.2 Å². The predicted octanol–water partition coefficient (Wildman–Crippen LogP) is 5.42. The molecule has 2 heterocycles. The molecule has 3 fully saturated rings. The van der Waals surface area contributed by atoms with E-state index in [2.05, 4.69) is 35.2 Å². The van der Waals surface area contributed by atoms with Crippen molar-refractivity contribution in [3.8, 4) is 11.5 Å². The second-order valence-corrected chi connectivity index (χ2v) is 14.3. The molecule has 1 N–H and O–H groups in total. The van der Waals surface area contributed by atoms with E-state index in [1.165, 1.54) is 36.1 Å². The summed E-state index contributed by atoms with van der Waals surface area (Å²) in [5, 5.41) is 12.9. The van der Waals surface area contributed by atoms with Gasteiger partial charge in [0.15, 0.2) is 11.5 Å². The van der Waals surface area contributed by atoms with Crippen LogP contribution in [0.1, 0.15) is 76.0 Å². The summed E-state index contributed by atoms with van der Waals surface area (Å²) in [6.45, 7) is 8.54. The molecule has 0 aromatic heterocycles. The number of carbonyl (C=O) groups excluding carboxylic acids is 1. The Morgan fingerprint density at radius 2 is 1.93 bits per heavy atom. The zero-order valence-corrected chi connectivity index (χ0v) is 25.4. The number of likely N-dealkylation sites (tertiary alicyclic amines) is 1. The number of phenols is 1. The summed E-state index contributed by atoms with van der Waals surface area (Å²) < 4.78 is 12.6. The normalized spacial score (nSPS) is 29.7. The van der Waals surface area contributed by atoms with Crippen molar-refractivity contribution in [2.45, 2.75) is 101 Å². The van der Waals surface area contributed by atoms with Gasteiger partial charge in [0.2, 0.25) is 0 Å². The first kappa shape index (κ1) is 28.2. The summed E-state index contributed by atoms with van der Waals surface area (Å²) in [7, 11) is 0. The van der Waals surface area contributed by atoms with Gasteiger partial charge in [-0.2, -0.15) is 5.06 Å². The molecule has 1 saturated heterocycles. The van der Waals surface area contributed by atoms with Crippen LogP contribution in [0, 0.1) is 11.8 Å². The highest BCUT2D eigenvalue weighted by Crippen LogP contribution is 2.64. The number of aryl methyl sites for hydroxylation is 1. The molecule has 226 valence electrons. The first-order chi connectivity index (χ1) is 20.2. The first-order valence-corrected chi connectivity index (χ1v) is 16.1. The molecule has 5 atom stereocenters. The molecule has 42 heavy (non-hydrogen) atoms. The molecular formula is C35H46N2O5. The minimum atomic E-state index is -0.571. The van der Waals surface area contributed by atoms with Crippen molar-refractivity contribution in [3.63, 3.8) is 0 Å². The molecule has 7 rings (SSSR count). The number of aromatic hydroxyl groups is 1. The van der Waals surface area contributed by atoms with Crippen molar-refractivity contribution in [2.24, 2.45) is 11.8 Å². The molecule has 5 aliphatic rings.